The number of rotatable bonds is 4. The molecule has 152 valence electrons. The van der Waals surface area contributed by atoms with Crippen LogP contribution >= 0.6 is 0 Å². The van der Waals surface area contributed by atoms with Gasteiger partial charge in [-0.05, 0) is 25.5 Å². The molecule has 29 heavy (non-hydrogen) atoms. The Morgan fingerprint density at radius 3 is 2.38 bits per heavy atom. The van der Waals surface area contributed by atoms with Crippen molar-refractivity contribution in [3.63, 3.8) is 0 Å². The van der Waals surface area contributed by atoms with Crippen LogP contribution in [0.1, 0.15) is 43.4 Å². The monoisotopic (exact) mass is 402 g/mol. The largest absolute Gasteiger partial charge is 0.465 e. The third kappa shape index (κ3) is 3.51. The number of carbonyl (C=O) groups excluding carboxylic acids is 3. The van der Waals surface area contributed by atoms with Crippen LogP contribution in [-0.2, 0) is 11.8 Å². The number of ether oxygens (including phenoxy) is 1. The Bertz CT molecular complexity index is 999. The van der Waals surface area contributed by atoms with Gasteiger partial charge in [-0.1, -0.05) is 0 Å². The molecule has 2 amide bonds. The van der Waals surface area contributed by atoms with Gasteiger partial charge in [-0.2, -0.15) is 5.10 Å². The first-order chi connectivity index (χ1) is 13.8. The van der Waals surface area contributed by atoms with Crippen LogP contribution in [0.4, 0.5) is 5.69 Å². The van der Waals surface area contributed by atoms with Gasteiger partial charge in [-0.15, -0.1) is 0 Å². The van der Waals surface area contributed by atoms with Crippen LogP contribution in [0, 0.1) is 17.0 Å². The van der Waals surface area contributed by atoms with Gasteiger partial charge >= 0.3 is 11.7 Å². The number of hydrogen-bond acceptors (Lipinski definition) is 8. The second-order valence-corrected chi connectivity index (χ2v) is 6.30. The Hall–Kier alpha value is -3.83. The lowest BCUT2D eigenvalue weighted by Gasteiger charge is -2.27. The summed E-state index contributed by atoms with van der Waals surface area (Å²) in [6, 6.07) is 2.75. The highest BCUT2D eigenvalue weighted by Crippen LogP contribution is 2.26. The number of hydrazine groups is 1. The van der Waals surface area contributed by atoms with Crippen molar-refractivity contribution in [1.29, 1.82) is 0 Å². The van der Waals surface area contributed by atoms with Gasteiger partial charge in [0.05, 0.1) is 17.6 Å². The number of methoxy groups -OCH3 is 1. The lowest BCUT2D eigenvalue weighted by molar-refractivity contribution is -0.385. The van der Waals surface area contributed by atoms with Crippen LogP contribution < -0.4 is 0 Å². The minimum Gasteiger partial charge on any atom is -0.465 e. The van der Waals surface area contributed by atoms with Crippen LogP contribution in [0.15, 0.2) is 18.3 Å². The third-order valence-electron chi connectivity index (χ3n) is 4.48. The fourth-order valence-electron chi connectivity index (χ4n) is 3.15. The van der Waals surface area contributed by atoms with Crippen LogP contribution in [-0.4, -0.2) is 67.7 Å². The second kappa shape index (κ2) is 7.66. The Kier molecular flexibility index (Phi) is 5.26. The predicted molar refractivity (Wildman–Crippen MR) is 96.9 cm³/mol. The first kappa shape index (κ1) is 19.9. The van der Waals surface area contributed by atoms with Crippen molar-refractivity contribution in [2.75, 3.05) is 20.2 Å². The molecule has 2 aromatic rings. The van der Waals surface area contributed by atoms with E-state index in [4.69, 9.17) is 0 Å². The summed E-state index contributed by atoms with van der Waals surface area (Å²) in [6.45, 7) is 1.90. The van der Waals surface area contributed by atoms with Crippen LogP contribution in [0.5, 0.6) is 0 Å². The maximum atomic E-state index is 13.0. The molecule has 0 radical (unpaired) electrons. The summed E-state index contributed by atoms with van der Waals surface area (Å²) in [5.74, 6) is -1.85. The van der Waals surface area contributed by atoms with Gasteiger partial charge < -0.3 is 4.74 Å². The molecule has 0 unspecified atom stereocenters. The van der Waals surface area contributed by atoms with Crippen molar-refractivity contribution in [2.45, 2.75) is 13.3 Å². The summed E-state index contributed by atoms with van der Waals surface area (Å²) in [4.78, 5) is 52.1. The zero-order chi connectivity index (χ0) is 21.3. The van der Waals surface area contributed by atoms with E-state index in [1.54, 1.807) is 0 Å². The molecule has 0 aliphatic carbocycles. The van der Waals surface area contributed by atoms with E-state index >= 15 is 0 Å². The smallest absolute Gasteiger partial charge is 0.339 e. The average molecular weight is 402 g/mol. The number of aromatic nitrogens is 3. The summed E-state index contributed by atoms with van der Waals surface area (Å²) in [5, 5.41) is 17.7. The van der Waals surface area contributed by atoms with Gasteiger partial charge in [0.25, 0.3) is 11.8 Å². The Morgan fingerprint density at radius 1 is 1.17 bits per heavy atom. The molecule has 1 aliphatic rings. The molecule has 0 N–H and O–H groups in total. The highest BCUT2D eigenvalue weighted by Gasteiger charge is 2.38. The van der Waals surface area contributed by atoms with Gasteiger partial charge in [0.2, 0.25) is 5.69 Å². The van der Waals surface area contributed by atoms with Crippen molar-refractivity contribution in [1.82, 2.24) is 24.8 Å². The van der Waals surface area contributed by atoms with Gasteiger partial charge in [-0.25, -0.2) is 14.8 Å². The fourth-order valence-corrected chi connectivity index (χ4v) is 3.15. The molecule has 12 nitrogen and oxygen atoms in total. The van der Waals surface area contributed by atoms with Gasteiger partial charge in [0.1, 0.15) is 11.4 Å². The summed E-state index contributed by atoms with van der Waals surface area (Å²) in [7, 11) is 2.66. The molecule has 0 spiro atoms. The van der Waals surface area contributed by atoms with Crippen molar-refractivity contribution < 1.29 is 24.0 Å². The topological polar surface area (TPSA) is 141 Å². The first-order valence-electron chi connectivity index (χ1n) is 8.62. The maximum absolute atomic E-state index is 13.0. The van der Waals surface area contributed by atoms with Gasteiger partial charge in [-0.3, -0.25) is 29.4 Å². The molecular formula is C17H18N6O6. The van der Waals surface area contributed by atoms with E-state index in [1.807, 2.05) is 0 Å². The molecule has 1 saturated heterocycles. The molecular weight excluding hydrogens is 384 g/mol. The molecule has 3 heterocycles. The summed E-state index contributed by atoms with van der Waals surface area (Å²) >= 11 is 0. The van der Waals surface area contributed by atoms with Crippen LogP contribution in [0.2, 0.25) is 0 Å². The fraction of sp³-hybridized carbons (Fsp3) is 0.353. The van der Waals surface area contributed by atoms with Crippen molar-refractivity contribution in [2.24, 2.45) is 7.05 Å². The van der Waals surface area contributed by atoms with E-state index in [9.17, 15) is 24.5 Å². The number of amides is 2. The Balaban J connectivity index is 1.89. The van der Waals surface area contributed by atoms with E-state index in [0.717, 1.165) is 9.69 Å². The molecule has 3 rings (SSSR count). The molecule has 1 fully saturated rings. The number of pyridine rings is 1. The first-order valence-corrected chi connectivity index (χ1v) is 8.62. The van der Waals surface area contributed by atoms with Crippen molar-refractivity contribution >= 4 is 23.5 Å². The highest BCUT2D eigenvalue weighted by molar-refractivity contribution is 6.00. The molecule has 0 saturated carbocycles. The zero-order valence-corrected chi connectivity index (χ0v) is 16.0. The average Bonchev–Trinajstić information content (AvgIpc) is 3.30. The Morgan fingerprint density at radius 2 is 1.83 bits per heavy atom. The summed E-state index contributed by atoms with van der Waals surface area (Å²) in [5.41, 5.74) is -0.288. The van der Waals surface area contributed by atoms with Crippen molar-refractivity contribution in [3.8, 4) is 0 Å². The minimum atomic E-state index is -0.697. The minimum absolute atomic E-state index is 0.0213. The van der Waals surface area contributed by atoms with Crippen LogP contribution in [0.3, 0.4) is 0 Å². The van der Waals surface area contributed by atoms with E-state index in [-0.39, 0.29) is 35.7 Å². The SMILES string of the molecule is COC(=O)c1ccc(C(=O)N2CCCN2C(=O)c2c([N+](=O)[O-])c(C)nn2C)nc1. The predicted octanol–water partition coefficient (Wildman–Crippen LogP) is 0.722. The number of aryl methyl sites for hydroxylation is 2. The quantitative estimate of drug-likeness (QED) is 0.414. The van der Waals surface area contributed by atoms with E-state index in [2.05, 4.69) is 14.8 Å². The van der Waals surface area contributed by atoms with Crippen LogP contribution in [0.25, 0.3) is 0 Å². The number of nitrogens with zero attached hydrogens (tertiary/aromatic N) is 6. The third-order valence-corrected chi connectivity index (χ3v) is 4.48. The lowest BCUT2D eigenvalue weighted by Crippen LogP contribution is -2.45. The molecule has 0 aromatic carbocycles. The standard InChI is InChI=1S/C17H18N6O6/c1-10-13(23(27)28)14(20(2)19-10)16(25)22-8-4-7-21(22)15(24)12-6-5-11(9-18-12)17(26)29-3/h5-6,9H,4,7-8H2,1-3H3. The second-order valence-electron chi connectivity index (χ2n) is 6.30. The molecule has 12 heteroatoms. The van der Waals surface area contributed by atoms with E-state index in [0.29, 0.717) is 6.42 Å². The number of esters is 1. The number of nitro groups is 1. The summed E-state index contributed by atoms with van der Waals surface area (Å²) in [6.07, 6.45) is 1.71. The van der Waals surface area contributed by atoms with Gasteiger partial charge in [0, 0.05) is 26.3 Å². The number of hydrogen-bond donors (Lipinski definition) is 0. The van der Waals surface area contributed by atoms with Gasteiger partial charge in [0.15, 0.2) is 0 Å². The molecule has 0 bridgehead atoms. The lowest BCUT2D eigenvalue weighted by atomic mass is 10.2. The Labute approximate surface area is 164 Å². The molecule has 0 atom stereocenters. The molecule has 1 aliphatic heterocycles. The normalized spacial score (nSPS) is 13.5. The van der Waals surface area contributed by atoms with E-state index < -0.39 is 28.4 Å². The van der Waals surface area contributed by atoms with E-state index in [1.165, 1.54) is 44.4 Å². The van der Waals surface area contributed by atoms with Crippen molar-refractivity contribution in [3.05, 3.63) is 51.1 Å². The maximum Gasteiger partial charge on any atom is 0.339 e. The highest BCUT2D eigenvalue weighted by atomic mass is 16.6. The summed E-state index contributed by atoms with van der Waals surface area (Å²) < 4.78 is 5.73. The zero-order valence-electron chi connectivity index (χ0n) is 16.0. The molecule has 2 aromatic heterocycles. The number of carbonyl (C=O) groups is 3.